The Morgan fingerprint density at radius 1 is 1.56 bits per heavy atom. The van der Waals surface area contributed by atoms with Gasteiger partial charge in [0.15, 0.2) is 0 Å². The molecule has 0 bridgehead atoms. The maximum Gasteiger partial charge on any atom is 0.273 e. The largest absolute Gasteiger partial charge is 0.338 e. The van der Waals surface area contributed by atoms with E-state index in [2.05, 4.69) is 0 Å². The first-order chi connectivity index (χ1) is 8.38. The number of carbonyl (C=O) groups excluding carboxylic acids is 1. The van der Waals surface area contributed by atoms with Crippen molar-refractivity contribution < 1.29 is 9.72 Å². The van der Waals surface area contributed by atoms with E-state index < -0.39 is 4.92 Å². The van der Waals surface area contributed by atoms with Gasteiger partial charge >= 0.3 is 0 Å². The van der Waals surface area contributed by atoms with Gasteiger partial charge in [0, 0.05) is 36.2 Å². The molecule has 18 heavy (non-hydrogen) atoms. The minimum Gasteiger partial charge on any atom is -0.338 e. The molecule has 1 rings (SSSR count). The molecule has 0 aliphatic carbocycles. The summed E-state index contributed by atoms with van der Waals surface area (Å²) >= 11 is 5.68. The predicted octanol–water partition coefficient (Wildman–Crippen LogP) is 2.60. The van der Waals surface area contributed by atoms with Crippen molar-refractivity contribution in [1.29, 1.82) is 0 Å². The van der Waals surface area contributed by atoms with Gasteiger partial charge in [0.2, 0.25) is 0 Å². The lowest BCUT2D eigenvalue weighted by atomic mass is 10.1. The summed E-state index contributed by atoms with van der Waals surface area (Å²) in [6, 6.07) is 4.33. The second-order valence-corrected chi connectivity index (χ2v) is 4.49. The summed E-state index contributed by atoms with van der Waals surface area (Å²) in [6.45, 7) is 3.45. The lowest BCUT2D eigenvalue weighted by molar-refractivity contribution is -0.385. The Morgan fingerprint density at radius 2 is 2.17 bits per heavy atom. The zero-order valence-electron chi connectivity index (χ0n) is 10.5. The van der Waals surface area contributed by atoms with E-state index in [9.17, 15) is 14.9 Å². The summed E-state index contributed by atoms with van der Waals surface area (Å²) < 4.78 is 0. The number of nitro groups is 1. The summed E-state index contributed by atoms with van der Waals surface area (Å²) in [5.41, 5.74) is 0.782. The maximum atomic E-state index is 12.1. The third-order valence-corrected chi connectivity index (χ3v) is 3.30. The van der Waals surface area contributed by atoms with Crippen LogP contribution < -0.4 is 0 Å². The van der Waals surface area contributed by atoms with Crippen LogP contribution in [0.3, 0.4) is 0 Å². The fourth-order valence-electron chi connectivity index (χ4n) is 1.45. The van der Waals surface area contributed by atoms with Gasteiger partial charge in [-0.05, 0) is 19.9 Å². The first-order valence-corrected chi connectivity index (χ1v) is 6.00. The van der Waals surface area contributed by atoms with Crippen LogP contribution in [0.4, 0.5) is 5.69 Å². The van der Waals surface area contributed by atoms with Crippen LogP contribution in [0.2, 0.25) is 0 Å². The molecule has 98 valence electrons. The third-order valence-electron chi connectivity index (χ3n) is 2.86. The minimum atomic E-state index is -0.489. The highest BCUT2D eigenvalue weighted by Gasteiger charge is 2.20. The van der Waals surface area contributed by atoms with Gasteiger partial charge in [-0.25, -0.2) is 0 Å². The van der Waals surface area contributed by atoms with E-state index in [1.165, 1.54) is 11.0 Å². The molecule has 1 aromatic carbocycles. The van der Waals surface area contributed by atoms with E-state index in [0.29, 0.717) is 17.0 Å². The van der Waals surface area contributed by atoms with Crippen LogP contribution in [0.5, 0.6) is 0 Å². The second-order valence-electron chi connectivity index (χ2n) is 4.18. The average Bonchev–Trinajstić information content (AvgIpc) is 2.36. The summed E-state index contributed by atoms with van der Waals surface area (Å²) in [5.74, 6) is 0.0437. The molecule has 0 radical (unpaired) electrons. The van der Waals surface area contributed by atoms with Crippen molar-refractivity contribution in [3.05, 3.63) is 39.4 Å². The number of nitro benzene ring substituents is 1. The van der Waals surface area contributed by atoms with E-state index in [0.717, 1.165) is 0 Å². The number of rotatable bonds is 4. The standard InChI is InChI=1S/C12H15ClN2O3/c1-8-4-5-10(6-11(8)15(17)18)12(16)14(3)9(2)7-13/h4-6,9H,7H2,1-3H3. The van der Waals surface area contributed by atoms with Crippen molar-refractivity contribution >= 4 is 23.2 Å². The van der Waals surface area contributed by atoms with E-state index in [1.54, 1.807) is 26.1 Å². The van der Waals surface area contributed by atoms with Crippen molar-refractivity contribution in [2.75, 3.05) is 12.9 Å². The highest BCUT2D eigenvalue weighted by Crippen LogP contribution is 2.20. The van der Waals surface area contributed by atoms with Crippen LogP contribution in [0, 0.1) is 17.0 Å². The number of nitrogens with zero attached hydrogens (tertiary/aromatic N) is 2. The van der Waals surface area contributed by atoms with Gasteiger partial charge in [-0.1, -0.05) is 6.07 Å². The van der Waals surface area contributed by atoms with Crippen molar-refractivity contribution in [3.63, 3.8) is 0 Å². The fourth-order valence-corrected chi connectivity index (χ4v) is 1.65. The van der Waals surface area contributed by atoms with E-state index in [-0.39, 0.29) is 17.6 Å². The molecule has 0 saturated heterocycles. The molecule has 0 spiro atoms. The Bertz CT molecular complexity index is 476. The second kappa shape index (κ2) is 5.82. The molecule has 0 fully saturated rings. The zero-order chi connectivity index (χ0) is 13.9. The number of aryl methyl sites for hydroxylation is 1. The molecule has 0 aliphatic rings. The topological polar surface area (TPSA) is 63.5 Å². The molecule has 0 heterocycles. The molecule has 1 aromatic rings. The van der Waals surface area contributed by atoms with Crippen molar-refractivity contribution in [2.24, 2.45) is 0 Å². The first kappa shape index (κ1) is 14.4. The van der Waals surface area contributed by atoms with Gasteiger partial charge in [0.05, 0.1) is 4.92 Å². The van der Waals surface area contributed by atoms with Crippen LogP contribution >= 0.6 is 11.6 Å². The van der Waals surface area contributed by atoms with Crippen molar-refractivity contribution in [2.45, 2.75) is 19.9 Å². The molecule has 0 aromatic heterocycles. The normalized spacial score (nSPS) is 12.0. The molecule has 0 aliphatic heterocycles. The van der Waals surface area contributed by atoms with Gasteiger partial charge in [-0.3, -0.25) is 14.9 Å². The highest BCUT2D eigenvalue weighted by atomic mass is 35.5. The summed E-state index contributed by atoms with van der Waals surface area (Å²) in [5, 5.41) is 10.8. The summed E-state index contributed by atoms with van der Waals surface area (Å²) in [7, 11) is 1.63. The Balaban J connectivity index is 3.07. The Labute approximate surface area is 110 Å². The molecule has 1 atom stereocenters. The molecule has 5 nitrogen and oxygen atoms in total. The maximum absolute atomic E-state index is 12.1. The highest BCUT2D eigenvalue weighted by molar-refractivity contribution is 6.18. The summed E-state index contributed by atoms with van der Waals surface area (Å²) in [4.78, 5) is 23.9. The van der Waals surface area contributed by atoms with Gasteiger partial charge in [0.1, 0.15) is 0 Å². The minimum absolute atomic E-state index is 0.0484. The predicted molar refractivity (Wildman–Crippen MR) is 70.1 cm³/mol. The van der Waals surface area contributed by atoms with Crippen LogP contribution in [0.25, 0.3) is 0 Å². The van der Waals surface area contributed by atoms with Crippen molar-refractivity contribution in [3.8, 4) is 0 Å². The van der Waals surface area contributed by atoms with E-state index >= 15 is 0 Å². The van der Waals surface area contributed by atoms with Crippen LogP contribution in [-0.2, 0) is 0 Å². The zero-order valence-corrected chi connectivity index (χ0v) is 11.3. The third kappa shape index (κ3) is 2.98. The lowest BCUT2D eigenvalue weighted by Crippen LogP contribution is -2.36. The van der Waals surface area contributed by atoms with Crippen LogP contribution in [0.15, 0.2) is 18.2 Å². The molecule has 0 saturated carbocycles. The number of benzene rings is 1. The van der Waals surface area contributed by atoms with E-state index in [4.69, 9.17) is 11.6 Å². The van der Waals surface area contributed by atoms with Gasteiger partial charge in [0.25, 0.3) is 11.6 Å². The first-order valence-electron chi connectivity index (χ1n) is 5.46. The molecular formula is C12H15ClN2O3. The van der Waals surface area contributed by atoms with Crippen LogP contribution in [-0.4, -0.2) is 34.7 Å². The Kier molecular flexibility index (Phi) is 4.67. The monoisotopic (exact) mass is 270 g/mol. The molecule has 0 N–H and O–H groups in total. The number of amides is 1. The molecule has 1 unspecified atom stereocenters. The molecular weight excluding hydrogens is 256 g/mol. The number of hydrogen-bond donors (Lipinski definition) is 0. The van der Waals surface area contributed by atoms with E-state index in [1.807, 2.05) is 6.92 Å². The lowest BCUT2D eigenvalue weighted by Gasteiger charge is -2.23. The number of alkyl halides is 1. The smallest absolute Gasteiger partial charge is 0.273 e. The Hall–Kier alpha value is -1.62. The number of halogens is 1. The van der Waals surface area contributed by atoms with Gasteiger partial charge in [-0.15, -0.1) is 11.6 Å². The van der Waals surface area contributed by atoms with Crippen molar-refractivity contribution in [1.82, 2.24) is 4.90 Å². The molecule has 6 heteroatoms. The number of carbonyl (C=O) groups is 1. The quantitative estimate of drug-likeness (QED) is 0.480. The molecule has 1 amide bonds. The van der Waals surface area contributed by atoms with Crippen LogP contribution in [0.1, 0.15) is 22.8 Å². The average molecular weight is 271 g/mol. The van der Waals surface area contributed by atoms with Gasteiger partial charge in [-0.2, -0.15) is 0 Å². The Morgan fingerprint density at radius 3 is 2.67 bits per heavy atom. The van der Waals surface area contributed by atoms with Gasteiger partial charge < -0.3 is 4.90 Å². The SMILES string of the molecule is Cc1ccc(C(=O)N(C)C(C)CCl)cc1[N+](=O)[O-]. The fraction of sp³-hybridized carbons (Fsp3) is 0.417. The summed E-state index contributed by atoms with van der Waals surface area (Å²) in [6.07, 6.45) is 0. The number of hydrogen-bond acceptors (Lipinski definition) is 3.